The Morgan fingerprint density at radius 2 is 2.27 bits per heavy atom. The molecule has 0 aromatic heterocycles. The van der Waals surface area contributed by atoms with Gasteiger partial charge in [0.25, 0.3) is 0 Å². The third-order valence-electron chi connectivity index (χ3n) is 1.10. The van der Waals surface area contributed by atoms with E-state index in [0.717, 1.165) is 5.75 Å². The lowest BCUT2D eigenvalue weighted by atomic mass is 10.8. The number of thioether (sulfide) groups is 1. The highest BCUT2D eigenvalue weighted by Gasteiger charge is 2.10. The normalized spacial score (nSPS) is 9.00. The fraction of sp³-hybridized carbons (Fsp3) is 0.667. The van der Waals surface area contributed by atoms with Crippen LogP contribution in [0.15, 0.2) is 0 Å². The molecule has 0 aromatic carbocycles. The van der Waals surface area contributed by atoms with Crippen molar-refractivity contribution in [3.05, 3.63) is 0 Å². The molecular formula is C6H13N3OS. The Morgan fingerprint density at radius 1 is 1.73 bits per heavy atom. The molecule has 0 bridgehead atoms. The molecule has 0 radical (unpaired) electrons. The molecule has 4 nitrogen and oxygen atoms in total. The van der Waals surface area contributed by atoms with Gasteiger partial charge in [0.2, 0.25) is 0 Å². The number of rotatable bonds is 1. The molecule has 5 heteroatoms. The van der Waals surface area contributed by atoms with Gasteiger partial charge in [-0.3, -0.25) is 10.3 Å². The van der Waals surface area contributed by atoms with Crippen LogP contribution in [0.1, 0.15) is 6.92 Å². The molecule has 0 aliphatic rings. The monoisotopic (exact) mass is 175 g/mol. The topological polar surface area (TPSA) is 56.2 Å². The molecule has 0 saturated heterocycles. The van der Waals surface area contributed by atoms with E-state index in [-0.39, 0.29) is 11.2 Å². The fourth-order valence-electron chi connectivity index (χ4n) is 0.493. The molecule has 2 amide bonds. The van der Waals surface area contributed by atoms with Gasteiger partial charge in [-0.15, -0.1) is 0 Å². The van der Waals surface area contributed by atoms with E-state index in [0.29, 0.717) is 0 Å². The summed E-state index contributed by atoms with van der Waals surface area (Å²) < 4.78 is 0. The maximum Gasteiger partial charge on any atom is 0.322 e. The number of urea groups is 1. The predicted octanol–water partition coefficient (Wildman–Crippen LogP) is 0.945. The van der Waals surface area contributed by atoms with E-state index in [2.05, 4.69) is 5.32 Å². The van der Waals surface area contributed by atoms with Crippen molar-refractivity contribution in [3.8, 4) is 0 Å². The van der Waals surface area contributed by atoms with Crippen molar-refractivity contribution >= 4 is 23.0 Å². The Balaban J connectivity index is 3.91. The second kappa shape index (κ2) is 5.01. The number of nitrogens with one attached hydrogen (secondary N) is 2. The van der Waals surface area contributed by atoms with Gasteiger partial charge in [0.15, 0.2) is 5.17 Å². The van der Waals surface area contributed by atoms with E-state index < -0.39 is 0 Å². The zero-order valence-electron chi connectivity index (χ0n) is 6.97. The zero-order chi connectivity index (χ0) is 8.85. The van der Waals surface area contributed by atoms with Crippen LogP contribution in [-0.4, -0.2) is 35.9 Å². The molecule has 0 aliphatic heterocycles. The molecular weight excluding hydrogens is 162 g/mol. The number of carbonyl (C=O) groups excluding carboxylic acids is 1. The molecule has 64 valence electrons. The fourth-order valence-corrected chi connectivity index (χ4v) is 1.04. The third-order valence-corrected chi connectivity index (χ3v) is 1.94. The molecule has 0 aromatic rings. The molecule has 0 saturated carbocycles. The number of nitrogens with zero attached hydrogens (tertiary/aromatic N) is 1. The summed E-state index contributed by atoms with van der Waals surface area (Å²) in [5.41, 5.74) is 0. The van der Waals surface area contributed by atoms with Crippen molar-refractivity contribution in [2.75, 3.05) is 19.8 Å². The van der Waals surface area contributed by atoms with Crippen LogP contribution in [0.2, 0.25) is 0 Å². The van der Waals surface area contributed by atoms with Crippen molar-refractivity contribution in [1.29, 1.82) is 5.41 Å². The van der Waals surface area contributed by atoms with Gasteiger partial charge < -0.3 is 5.32 Å². The Labute approximate surface area is 70.8 Å². The third kappa shape index (κ3) is 3.27. The van der Waals surface area contributed by atoms with Crippen molar-refractivity contribution < 1.29 is 4.79 Å². The van der Waals surface area contributed by atoms with Crippen molar-refractivity contribution in [2.24, 2.45) is 0 Å². The summed E-state index contributed by atoms with van der Waals surface area (Å²) in [6, 6.07) is -0.254. The van der Waals surface area contributed by atoms with Gasteiger partial charge >= 0.3 is 6.03 Å². The molecule has 0 rings (SSSR count). The molecule has 0 spiro atoms. The van der Waals surface area contributed by atoms with Crippen LogP contribution in [-0.2, 0) is 0 Å². The highest BCUT2D eigenvalue weighted by Crippen LogP contribution is 2.04. The smallest absolute Gasteiger partial charge is 0.322 e. The van der Waals surface area contributed by atoms with Crippen LogP contribution in [0.25, 0.3) is 0 Å². The standard InChI is InChI=1S/C6H13N3OS/c1-4-11-5(7)9(3)6(10)8-2/h7H,4H2,1-3H3,(H,8,10). The first-order valence-corrected chi connectivity index (χ1v) is 4.28. The largest absolute Gasteiger partial charge is 0.341 e. The first-order valence-electron chi connectivity index (χ1n) is 3.30. The maximum atomic E-state index is 10.9. The van der Waals surface area contributed by atoms with Gasteiger partial charge in [-0.2, -0.15) is 0 Å². The van der Waals surface area contributed by atoms with Gasteiger partial charge in [-0.05, 0) is 5.75 Å². The molecule has 0 fully saturated rings. The highest BCUT2D eigenvalue weighted by atomic mass is 32.2. The van der Waals surface area contributed by atoms with Crippen LogP contribution in [0, 0.1) is 5.41 Å². The minimum absolute atomic E-state index is 0.254. The second-order valence-corrected chi connectivity index (χ2v) is 3.11. The minimum Gasteiger partial charge on any atom is -0.341 e. The van der Waals surface area contributed by atoms with Gasteiger partial charge in [0, 0.05) is 14.1 Å². The lowest BCUT2D eigenvalue weighted by Crippen LogP contribution is -2.37. The molecule has 2 N–H and O–H groups in total. The Morgan fingerprint density at radius 3 is 2.64 bits per heavy atom. The first-order chi connectivity index (χ1) is 5.13. The second-order valence-electron chi connectivity index (χ2n) is 1.85. The summed E-state index contributed by atoms with van der Waals surface area (Å²) in [6.45, 7) is 1.94. The lowest BCUT2D eigenvalue weighted by molar-refractivity contribution is 0.229. The first kappa shape index (κ1) is 10.3. The number of amides is 2. The van der Waals surface area contributed by atoms with E-state index in [1.54, 1.807) is 14.1 Å². The van der Waals surface area contributed by atoms with E-state index in [9.17, 15) is 4.79 Å². The quantitative estimate of drug-likeness (QED) is 0.460. The zero-order valence-corrected chi connectivity index (χ0v) is 7.79. The summed E-state index contributed by atoms with van der Waals surface area (Å²) in [5, 5.41) is 10.1. The Hall–Kier alpha value is -0.710. The van der Waals surface area contributed by atoms with Crippen molar-refractivity contribution in [1.82, 2.24) is 10.2 Å². The molecule has 11 heavy (non-hydrogen) atoms. The maximum absolute atomic E-state index is 10.9. The number of carbonyl (C=O) groups is 1. The summed E-state index contributed by atoms with van der Waals surface area (Å²) in [6.07, 6.45) is 0. The van der Waals surface area contributed by atoms with E-state index in [1.807, 2.05) is 6.92 Å². The molecule has 0 atom stereocenters. The van der Waals surface area contributed by atoms with E-state index in [4.69, 9.17) is 5.41 Å². The van der Waals surface area contributed by atoms with Gasteiger partial charge in [-0.25, -0.2) is 4.79 Å². The van der Waals surface area contributed by atoms with Crippen LogP contribution < -0.4 is 5.32 Å². The van der Waals surface area contributed by atoms with Crippen molar-refractivity contribution in [3.63, 3.8) is 0 Å². The summed E-state index contributed by atoms with van der Waals surface area (Å²) >= 11 is 1.33. The Kier molecular flexibility index (Phi) is 4.69. The SMILES string of the molecule is CCSC(=N)N(C)C(=O)NC. The summed E-state index contributed by atoms with van der Waals surface area (Å²) in [7, 11) is 3.12. The van der Waals surface area contributed by atoms with E-state index >= 15 is 0 Å². The lowest BCUT2D eigenvalue weighted by Gasteiger charge is -2.15. The van der Waals surface area contributed by atoms with Gasteiger partial charge in [-0.1, -0.05) is 18.7 Å². The highest BCUT2D eigenvalue weighted by molar-refractivity contribution is 8.13. The van der Waals surface area contributed by atoms with E-state index in [1.165, 1.54) is 16.7 Å². The van der Waals surface area contributed by atoms with Crippen LogP contribution in [0.3, 0.4) is 0 Å². The van der Waals surface area contributed by atoms with Crippen molar-refractivity contribution in [2.45, 2.75) is 6.92 Å². The Bertz CT molecular complexity index is 160. The van der Waals surface area contributed by atoms with Crippen LogP contribution in [0.4, 0.5) is 4.79 Å². The summed E-state index contributed by atoms with van der Waals surface area (Å²) in [4.78, 5) is 12.2. The number of hydrogen-bond donors (Lipinski definition) is 2. The average molecular weight is 175 g/mol. The molecule has 0 heterocycles. The van der Waals surface area contributed by atoms with Crippen LogP contribution >= 0.6 is 11.8 Å². The number of hydrogen-bond acceptors (Lipinski definition) is 3. The molecule has 0 unspecified atom stereocenters. The average Bonchev–Trinajstić information content (AvgIpc) is 2.02. The number of amidine groups is 1. The summed E-state index contributed by atoms with van der Waals surface area (Å²) in [5.74, 6) is 0.806. The predicted molar refractivity (Wildman–Crippen MR) is 48.1 cm³/mol. The van der Waals surface area contributed by atoms with Crippen LogP contribution in [0.5, 0.6) is 0 Å². The molecule has 0 aliphatic carbocycles. The minimum atomic E-state index is -0.254. The van der Waals surface area contributed by atoms with Gasteiger partial charge in [0.05, 0.1) is 0 Å². The van der Waals surface area contributed by atoms with Gasteiger partial charge in [0.1, 0.15) is 0 Å².